The Kier molecular flexibility index (Phi) is 6.14. The average molecular weight is 528 g/mol. The molecule has 0 saturated carbocycles. The van der Waals surface area contributed by atoms with Crippen molar-refractivity contribution in [2.75, 3.05) is 19.0 Å². The summed E-state index contributed by atoms with van der Waals surface area (Å²) in [4.78, 5) is 42.8. The maximum atomic E-state index is 13.6. The van der Waals surface area contributed by atoms with Crippen molar-refractivity contribution in [3.8, 4) is 10.9 Å². The summed E-state index contributed by atoms with van der Waals surface area (Å²) in [6.45, 7) is 0.407. The van der Waals surface area contributed by atoms with Gasteiger partial charge in [0, 0.05) is 35.3 Å². The number of thiazole rings is 1. The molecule has 0 unspecified atom stereocenters. The molecule has 38 heavy (non-hydrogen) atoms. The van der Waals surface area contributed by atoms with E-state index < -0.39 is 0 Å². The van der Waals surface area contributed by atoms with Crippen molar-refractivity contribution in [3.63, 3.8) is 0 Å². The lowest BCUT2D eigenvalue weighted by Gasteiger charge is -2.09. The highest BCUT2D eigenvalue weighted by molar-refractivity contribution is 7.12. The molecule has 0 bridgehead atoms. The SMILES string of the molecule is COC(=O)CCCOc1ccc(Nc2ncc3c(=O)n4c(nc3n2)c2ccccc2n4-c2nccs2)cc1. The van der Waals surface area contributed by atoms with Crippen LogP contribution in [0.25, 0.3) is 32.7 Å². The second-order valence-corrected chi connectivity index (χ2v) is 9.18. The first-order chi connectivity index (χ1) is 18.6. The minimum atomic E-state index is -0.281. The van der Waals surface area contributed by atoms with Gasteiger partial charge in [0.05, 0.1) is 19.2 Å². The lowest BCUT2D eigenvalue weighted by atomic mass is 10.2. The first-order valence-corrected chi connectivity index (χ1v) is 12.7. The average Bonchev–Trinajstić information content (AvgIpc) is 3.58. The van der Waals surface area contributed by atoms with Crippen LogP contribution in [0.3, 0.4) is 0 Å². The largest absolute Gasteiger partial charge is 0.494 e. The van der Waals surface area contributed by atoms with Crippen LogP contribution in [0, 0.1) is 0 Å². The van der Waals surface area contributed by atoms with E-state index >= 15 is 0 Å². The van der Waals surface area contributed by atoms with E-state index in [9.17, 15) is 9.59 Å². The van der Waals surface area contributed by atoms with Crippen LogP contribution in [0.15, 0.2) is 71.1 Å². The van der Waals surface area contributed by atoms with E-state index in [1.165, 1.54) is 29.2 Å². The van der Waals surface area contributed by atoms with Crippen LogP contribution < -0.4 is 15.6 Å². The van der Waals surface area contributed by atoms with Crippen LogP contribution in [0.1, 0.15) is 12.8 Å². The fraction of sp³-hybridized carbons (Fsp3) is 0.154. The molecule has 190 valence electrons. The topological polar surface area (TPSA) is 126 Å². The van der Waals surface area contributed by atoms with Gasteiger partial charge in [-0.25, -0.2) is 19.6 Å². The number of carbonyl (C=O) groups is 1. The molecule has 4 heterocycles. The number of hydrogen-bond donors (Lipinski definition) is 1. The molecule has 12 heteroatoms. The zero-order valence-electron chi connectivity index (χ0n) is 20.2. The van der Waals surface area contributed by atoms with E-state index in [0.717, 1.165) is 16.6 Å². The van der Waals surface area contributed by atoms with Gasteiger partial charge in [0.2, 0.25) is 11.1 Å². The number of carbonyl (C=O) groups excluding carboxylic acids is 1. The van der Waals surface area contributed by atoms with Crippen molar-refractivity contribution in [3.05, 3.63) is 76.7 Å². The standard InChI is InChI=1S/C26H21N7O4S/c1-36-21(34)7-4-13-37-17-10-8-16(9-11-17)29-25-28-15-19-22(31-25)30-23-18-5-2-3-6-20(18)32(33(23)24(19)35)26-27-12-14-38-26/h2-3,5-6,8-12,14-15H,4,7,13H2,1H3,(H,28,29,31). The number of methoxy groups -OCH3 is 1. The van der Waals surface area contributed by atoms with Crippen molar-refractivity contribution < 1.29 is 14.3 Å². The Hall–Kier alpha value is -4.84. The summed E-state index contributed by atoms with van der Waals surface area (Å²) in [5.74, 6) is 0.726. The van der Waals surface area contributed by atoms with Crippen molar-refractivity contribution >= 4 is 56.5 Å². The van der Waals surface area contributed by atoms with Gasteiger partial charge in [-0.2, -0.15) is 9.50 Å². The van der Waals surface area contributed by atoms with Gasteiger partial charge in [0.1, 0.15) is 11.1 Å². The van der Waals surface area contributed by atoms with Gasteiger partial charge >= 0.3 is 5.97 Å². The van der Waals surface area contributed by atoms with E-state index in [2.05, 4.69) is 25.0 Å². The highest BCUT2D eigenvalue weighted by Crippen LogP contribution is 2.26. The molecule has 2 aromatic carbocycles. The van der Waals surface area contributed by atoms with Crippen molar-refractivity contribution in [1.29, 1.82) is 0 Å². The van der Waals surface area contributed by atoms with E-state index in [4.69, 9.17) is 9.72 Å². The molecule has 0 aliphatic rings. The number of benzene rings is 2. The Bertz CT molecular complexity index is 1830. The van der Waals surface area contributed by atoms with Crippen LogP contribution in [-0.2, 0) is 9.53 Å². The third kappa shape index (κ3) is 4.30. The Morgan fingerprint density at radius 3 is 2.68 bits per heavy atom. The van der Waals surface area contributed by atoms with Gasteiger partial charge in [-0.05, 0) is 42.8 Å². The fourth-order valence-electron chi connectivity index (χ4n) is 4.12. The Balaban J connectivity index is 1.30. The predicted molar refractivity (Wildman–Crippen MR) is 144 cm³/mol. The van der Waals surface area contributed by atoms with Crippen LogP contribution in [-0.4, -0.2) is 48.8 Å². The van der Waals surface area contributed by atoms with Crippen LogP contribution >= 0.6 is 11.3 Å². The van der Waals surface area contributed by atoms with Gasteiger partial charge < -0.3 is 14.8 Å². The van der Waals surface area contributed by atoms with Crippen molar-refractivity contribution in [2.24, 2.45) is 0 Å². The van der Waals surface area contributed by atoms with Crippen LogP contribution in [0.4, 0.5) is 11.6 Å². The number of rotatable bonds is 8. The third-order valence-corrected chi connectivity index (χ3v) is 6.66. The van der Waals surface area contributed by atoms with Crippen molar-refractivity contribution in [1.82, 2.24) is 29.1 Å². The molecule has 0 aliphatic carbocycles. The van der Waals surface area contributed by atoms with Crippen molar-refractivity contribution in [2.45, 2.75) is 12.8 Å². The van der Waals surface area contributed by atoms with E-state index in [0.29, 0.717) is 53.0 Å². The second kappa shape index (κ2) is 9.90. The highest BCUT2D eigenvalue weighted by Gasteiger charge is 2.19. The minimum Gasteiger partial charge on any atom is -0.494 e. The fourth-order valence-corrected chi connectivity index (χ4v) is 4.77. The smallest absolute Gasteiger partial charge is 0.305 e. The summed E-state index contributed by atoms with van der Waals surface area (Å²) in [5, 5.41) is 6.78. The molecule has 4 aromatic heterocycles. The number of esters is 1. The number of hydrogen-bond acceptors (Lipinski definition) is 10. The number of ether oxygens (including phenoxy) is 2. The summed E-state index contributed by atoms with van der Waals surface area (Å²) in [5.41, 5.74) is 2.06. The normalized spacial score (nSPS) is 11.3. The van der Waals surface area contributed by atoms with Gasteiger partial charge in [-0.1, -0.05) is 12.1 Å². The molecule has 6 rings (SSSR count). The molecule has 0 aliphatic heterocycles. The van der Waals surface area contributed by atoms with Crippen LogP contribution in [0.5, 0.6) is 5.75 Å². The monoisotopic (exact) mass is 527 g/mol. The number of para-hydroxylation sites is 1. The number of anilines is 2. The lowest BCUT2D eigenvalue weighted by molar-refractivity contribution is -0.140. The lowest BCUT2D eigenvalue weighted by Crippen LogP contribution is -2.21. The zero-order valence-corrected chi connectivity index (χ0v) is 21.0. The molecular formula is C26H21N7O4S. The third-order valence-electron chi connectivity index (χ3n) is 5.91. The Morgan fingerprint density at radius 2 is 1.89 bits per heavy atom. The second-order valence-electron chi connectivity index (χ2n) is 8.30. The molecular weight excluding hydrogens is 506 g/mol. The van der Waals surface area contributed by atoms with Gasteiger partial charge in [0.15, 0.2) is 11.3 Å². The maximum absolute atomic E-state index is 13.6. The number of nitrogens with one attached hydrogen (secondary N) is 1. The number of aromatic nitrogens is 6. The first-order valence-electron chi connectivity index (χ1n) is 11.8. The molecule has 0 amide bonds. The molecule has 0 radical (unpaired) electrons. The molecule has 0 fully saturated rings. The molecule has 11 nitrogen and oxygen atoms in total. The van der Waals surface area contributed by atoms with Gasteiger partial charge in [-0.15, -0.1) is 11.3 Å². The molecule has 0 spiro atoms. The summed E-state index contributed by atoms with van der Waals surface area (Å²) in [6.07, 6.45) is 4.06. The maximum Gasteiger partial charge on any atom is 0.305 e. The molecule has 0 saturated heterocycles. The molecule has 6 aromatic rings. The molecule has 0 atom stereocenters. The summed E-state index contributed by atoms with van der Waals surface area (Å²) in [6, 6.07) is 15.0. The first kappa shape index (κ1) is 23.6. The number of nitrogens with zero attached hydrogens (tertiary/aromatic N) is 6. The quantitative estimate of drug-likeness (QED) is 0.230. The Labute approximate surface area is 219 Å². The number of fused-ring (bicyclic) bond motifs is 4. The highest BCUT2D eigenvalue weighted by atomic mass is 32.1. The summed E-state index contributed by atoms with van der Waals surface area (Å²) < 4.78 is 13.6. The van der Waals surface area contributed by atoms with E-state index in [1.807, 2.05) is 53.9 Å². The van der Waals surface area contributed by atoms with Gasteiger partial charge in [0.25, 0.3) is 5.56 Å². The Morgan fingerprint density at radius 1 is 1.05 bits per heavy atom. The predicted octanol–water partition coefficient (Wildman–Crippen LogP) is 4.11. The minimum absolute atomic E-state index is 0.258. The van der Waals surface area contributed by atoms with E-state index in [1.54, 1.807) is 10.9 Å². The van der Waals surface area contributed by atoms with E-state index in [-0.39, 0.29) is 11.5 Å². The van der Waals surface area contributed by atoms with Gasteiger partial charge in [-0.3, -0.25) is 9.59 Å². The zero-order chi connectivity index (χ0) is 26.1. The summed E-state index contributed by atoms with van der Waals surface area (Å²) >= 11 is 1.43. The summed E-state index contributed by atoms with van der Waals surface area (Å²) in [7, 11) is 1.37. The molecule has 1 N–H and O–H groups in total. The van der Waals surface area contributed by atoms with Crippen LogP contribution in [0.2, 0.25) is 0 Å².